The van der Waals surface area contributed by atoms with Crippen LogP contribution in [0.3, 0.4) is 0 Å². The molecule has 0 saturated heterocycles. The molecule has 6 nitrogen and oxygen atoms in total. The van der Waals surface area contributed by atoms with Gasteiger partial charge in [-0.25, -0.2) is 4.79 Å². The van der Waals surface area contributed by atoms with Crippen LogP contribution in [0.15, 0.2) is 78.9 Å². The predicted octanol–water partition coefficient (Wildman–Crippen LogP) is 4.46. The minimum Gasteiger partial charge on any atom is -0.492 e. The molecule has 0 fully saturated rings. The maximum absolute atomic E-state index is 12.3. The molecule has 0 aromatic heterocycles. The molecule has 0 radical (unpaired) electrons. The summed E-state index contributed by atoms with van der Waals surface area (Å²) in [5.74, 6) is 0.0479. The van der Waals surface area contributed by atoms with Gasteiger partial charge >= 0.3 is 5.97 Å². The number of rotatable bonds is 9. The van der Waals surface area contributed by atoms with Gasteiger partial charge < -0.3 is 19.5 Å². The van der Waals surface area contributed by atoms with Gasteiger partial charge in [-0.2, -0.15) is 0 Å². The Kier molecular flexibility index (Phi) is 7.44. The van der Waals surface area contributed by atoms with Gasteiger partial charge in [0.05, 0.1) is 17.9 Å². The van der Waals surface area contributed by atoms with Crippen LogP contribution in [0.25, 0.3) is 0 Å². The molecule has 154 valence electrons. The van der Waals surface area contributed by atoms with Crippen LogP contribution in [-0.2, 0) is 16.1 Å². The molecule has 0 atom stereocenters. The summed E-state index contributed by atoms with van der Waals surface area (Å²) in [6.45, 7) is 2.32. The summed E-state index contributed by atoms with van der Waals surface area (Å²) in [5.41, 5.74) is 1.86. The van der Waals surface area contributed by atoms with Gasteiger partial charge in [0.15, 0.2) is 6.61 Å². The summed E-state index contributed by atoms with van der Waals surface area (Å²) in [5, 5.41) is 2.69. The van der Waals surface area contributed by atoms with Crippen LogP contribution in [0.4, 0.5) is 5.69 Å². The van der Waals surface area contributed by atoms with Gasteiger partial charge in [0, 0.05) is 0 Å². The van der Waals surface area contributed by atoms with Gasteiger partial charge in [-0.3, -0.25) is 4.79 Å². The Morgan fingerprint density at radius 3 is 2.43 bits per heavy atom. The molecule has 3 aromatic carbocycles. The zero-order chi connectivity index (χ0) is 21.2. The lowest BCUT2D eigenvalue weighted by Gasteiger charge is -2.11. The molecule has 1 N–H and O–H groups in total. The van der Waals surface area contributed by atoms with E-state index in [0.717, 1.165) is 5.56 Å². The Bertz CT molecular complexity index is 988. The second-order valence-electron chi connectivity index (χ2n) is 6.36. The summed E-state index contributed by atoms with van der Waals surface area (Å²) < 4.78 is 16.3. The third kappa shape index (κ3) is 6.10. The van der Waals surface area contributed by atoms with Crippen LogP contribution < -0.4 is 14.8 Å². The van der Waals surface area contributed by atoms with Crippen molar-refractivity contribution in [3.63, 3.8) is 0 Å². The zero-order valence-electron chi connectivity index (χ0n) is 16.7. The highest BCUT2D eigenvalue weighted by Gasteiger charge is 2.13. The Hall–Kier alpha value is -3.80. The number of esters is 1. The highest BCUT2D eigenvalue weighted by Crippen LogP contribution is 2.23. The van der Waals surface area contributed by atoms with Crippen LogP contribution >= 0.6 is 0 Å². The van der Waals surface area contributed by atoms with Crippen molar-refractivity contribution in [2.75, 3.05) is 18.5 Å². The third-order valence-electron chi connectivity index (χ3n) is 4.11. The third-order valence-corrected chi connectivity index (χ3v) is 4.11. The molecule has 0 aliphatic rings. The summed E-state index contributed by atoms with van der Waals surface area (Å²) in [7, 11) is 0. The van der Waals surface area contributed by atoms with Gasteiger partial charge in [-0.1, -0.05) is 48.5 Å². The molecule has 0 aliphatic carbocycles. The summed E-state index contributed by atoms with van der Waals surface area (Å²) in [6, 6.07) is 23.5. The quantitative estimate of drug-likeness (QED) is 0.532. The topological polar surface area (TPSA) is 73.9 Å². The summed E-state index contributed by atoms with van der Waals surface area (Å²) in [6.07, 6.45) is 0. The maximum atomic E-state index is 12.3. The molecular formula is C24H23NO5. The van der Waals surface area contributed by atoms with Crippen LogP contribution in [0, 0.1) is 0 Å². The van der Waals surface area contributed by atoms with Crippen molar-refractivity contribution in [1.82, 2.24) is 0 Å². The molecule has 3 rings (SSSR count). The van der Waals surface area contributed by atoms with Crippen molar-refractivity contribution < 1.29 is 23.8 Å². The highest BCUT2D eigenvalue weighted by molar-refractivity contribution is 5.96. The van der Waals surface area contributed by atoms with E-state index in [4.69, 9.17) is 14.2 Å². The van der Waals surface area contributed by atoms with E-state index in [-0.39, 0.29) is 0 Å². The number of ether oxygens (including phenoxy) is 3. The standard InChI is InChI=1S/C24H23NO5/c1-2-28-22-14-7-6-13-21(22)25-23(26)17-30-24(27)19-11-8-12-20(15-19)29-16-18-9-4-3-5-10-18/h3-15H,2,16-17H2,1H3,(H,25,26). The van der Waals surface area contributed by atoms with Gasteiger partial charge in [-0.05, 0) is 42.8 Å². The van der Waals surface area contributed by atoms with Crippen LogP contribution in [-0.4, -0.2) is 25.1 Å². The predicted molar refractivity (Wildman–Crippen MR) is 114 cm³/mol. The SMILES string of the molecule is CCOc1ccccc1NC(=O)COC(=O)c1cccc(OCc2ccccc2)c1. The lowest BCUT2D eigenvalue weighted by atomic mass is 10.2. The first kappa shape index (κ1) is 20.9. The second kappa shape index (κ2) is 10.7. The van der Waals surface area contributed by atoms with Crippen molar-refractivity contribution in [1.29, 1.82) is 0 Å². The van der Waals surface area contributed by atoms with Crippen LogP contribution in [0.1, 0.15) is 22.8 Å². The molecule has 0 bridgehead atoms. The Labute approximate surface area is 175 Å². The number of carbonyl (C=O) groups excluding carboxylic acids is 2. The van der Waals surface area contributed by atoms with Crippen LogP contribution in [0.5, 0.6) is 11.5 Å². The fourth-order valence-corrected chi connectivity index (χ4v) is 2.71. The smallest absolute Gasteiger partial charge is 0.338 e. The molecule has 3 aromatic rings. The Balaban J connectivity index is 1.53. The van der Waals surface area contributed by atoms with Gasteiger partial charge in [-0.15, -0.1) is 0 Å². The molecule has 0 spiro atoms. The number of hydrogen-bond acceptors (Lipinski definition) is 5. The zero-order valence-corrected chi connectivity index (χ0v) is 16.7. The minimum absolute atomic E-state index is 0.308. The van der Waals surface area contributed by atoms with E-state index in [1.807, 2.05) is 43.3 Å². The van der Waals surface area contributed by atoms with Crippen molar-refractivity contribution in [2.45, 2.75) is 13.5 Å². The minimum atomic E-state index is -0.603. The van der Waals surface area contributed by atoms with Crippen molar-refractivity contribution in [3.8, 4) is 11.5 Å². The average Bonchev–Trinajstić information content (AvgIpc) is 2.78. The van der Waals surface area contributed by atoms with E-state index >= 15 is 0 Å². The van der Waals surface area contributed by atoms with E-state index in [0.29, 0.717) is 36.0 Å². The lowest BCUT2D eigenvalue weighted by Crippen LogP contribution is -2.21. The molecule has 1 amide bonds. The molecular weight excluding hydrogens is 382 g/mol. The van der Waals surface area contributed by atoms with E-state index in [9.17, 15) is 9.59 Å². The molecule has 0 heterocycles. The van der Waals surface area contributed by atoms with E-state index in [1.54, 1.807) is 42.5 Å². The van der Waals surface area contributed by atoms with Gasteiger partial charge in [0.2, 0.25) is 0 Å². The first-order valence-corrected chi connectivity index (χ1v) is 9.61. The summed E-state index contributed by atoms with van der Waals surface area (Å²) >= 11 is 0. The average molecular weight is 405 g/mol. The van der Waals surface area contributed by atoms with Crippen molar-refractivity contribution in [2.24, 2.45) is 0 Å². The fourth-order valence-electron chi connectivity index (χ4n) is 2.71. The number of amides is 1. The summed E-state index contributed by atoms with van der Waals surface area (Å²) in [4.78, 5) is 24.5. The Morgan fingerprint density at radius 1 is 0.867 bits per heavy atom. The van der Waals surface area contributed by atoms with Gasteiger partial charge in [0.1, 0.15) is 18.1 Å². The number of hydrogen-bond donors (Lipinski definition) is 1. The van der Waals surface area contributed by atoms with Crippen molar-refractivity contribution >= 4 is 17.6 Å². The van der Waals surface area contributed by atoms with E-state index in [1.165, 1.54) is 0 Å². The number of anilines is 1. The first-order valence-electron chi connectivity index (χ1n) is 9.61. The second-order valence-corrected chi connectivity index (χ2v) is 6.36. The maximum Gasteiger partial charge on any atom is 0.338 e. The normalized spacial score (nSPS) is 10.2. The largest absolute Gasteiger partial charge is 0.492 e. The number of nitrogens with one attached hydrogen (secondary N) is 1. The van der Waals surface area contributed by atoms with E-state index < -0.39 is 18.5 Å². The monoisotopic (exact) mass is 405 g/mol. The Morgan fingerprint density at radius 2 is 1.63 bits per heavy atom. The molecule has 6 heteroatoms. The first-order chi connectivity index (χ1) is 14.7. The van der Waals surface area contributed by atoms with Gasteiger partial charge in [0.25, 0.3) is 5.91 Å². The molecule has 0 unspecified atom stereocenters. The molecule has 30 heavy (non-hydrogen) atoms. The lowest BCUT2D eigenvalue weighted by molar-refractivity contribution is -0.119. The van der Waals surface area contributed by atoms with Crippen LogP contribution in [0.2, 0.25) is 0 Å². The van der Waals surface area contributed by atoms with E-state index in [2.05, 4.69) is 5.32 Å². The fraction of sp³-hybridized carbons (Fsp3) is 0.167. The molecule has 0 saturated carbocycles. The highest BCUT2D eigenvalue weighted by atomic mass is 16.5. The number of benzene rings is 3. The number of carbonyl (C=O) groups is 2. The number of para-hydroxylation sites is 2. The molecule has 0 aliphatic heterocycles. The van der Waals surface area contributed by atoms with Crippen molar-refractivity contribution in [3.05, 3.63) is 90.0 Å².